The fourth-order valence-corrected chi connectivity index (χ4v) is 8.40. The van der Waals surface area contributed by atoms with Crippen LogP contribution < -0.4 is 14.9 Å². The molecule has 4 aromatic carbocycles. The van der Waals surface area contributed by atoms with Gasteiger partial charge in [-0.25, -0.2) is 22.3 Å². The van der Waals surface area contributed by atoms with Crippen molar-refractivity contribution in [3.63, 3.8) is 0 Å². The molecule has 0 atom stereocenters. The molecule has 278 valence electrons. The van der Waals surface area contributed by atoms with Gasteiger partial charge in [0.05, 0.1) is 43.3 Å². The first-order chi connectivity index (χ1) is 25.3. The van der Waals surface area contributed by atoms with Gasteiger partial charge in [-0.2, -0.15) is 13.7 Å². The Hall–Kier alpha value is -4.70. The van der Waals surface area contributed by atoms with Gasteiger partial charge in [0.1, 0.15) is 11.5 Å². The van der Waals surface area contributed by atoms with Crippen molar-refractivity contribution in [3.05, 3.63) is 141 Å². The van der Waals surface area contributed by atoms with Crippen LogP contribution in [0.1, 0.15) is 28.2 Å². The van der Waals surface area contributed by atoms with Gasteiger partial charge in [-0.05, 0) is 66.6 Å². The molecule has 0 saturated heterocycles. The highest BCUT2D eigenvalue weighted by atomic mass is 35.5. The fraction of sp³-hybridized carbons (Fsp3) is 0.189. The molecule has 0 spiro atoms. The molecule has 0 aliphatic heterocycles. The number of halogens is 2. The number of hydrazone groups is 1. The van der Waals surface area contributed by atoms with Gasteiger partial charge in [-0.3, -0.25) is 4.79 Å². The average Bonchev–Trinajstić information content (AvgIpc) is 3.59. The zero-order valence-corrected chi connectivity index (χ0v) is 32.0. The maximum atomic E-state index is 13.8. The summed E-state index contributed by atoms with van der Waals surface area (Å²) < 4.78 is 73.8. The highest BCUT2D eigenvalue weighted by Gasteiger charge is 2.29. The number of nitrogens with one attached hydrogen (secondary N) is 1. The van der Waals surface area contributed by atoms with E-state index in [9.17, 15) is 21.6 Å². The van der Waals surface area contributed by atoms with Crippen molar-refractivity contribution in [3.8, 4) is 11.5 Å². The molecule has 1 aromatic heterocycles. The van der Waals surface area contributed by atoms with Crippen molar-refractivity contribution in [2.75, 3.05) is 20.8 Å². The molecule has 0 fully saturated rings. The number of furan rings is 1. The van der Waals surface area contributed by atoms with Crippen LogP contribution in [-0.2, 0) is 44.5 Å². The molecule has 0 unspecified atom stereocenters. The minimum atomic E-state index is -4.20. The molecule has 1 amide bonds. The van der Waals surface area contributed by atoms with E-state index in [0.717, 1.165) is 9.87 Å². The topological polar surface area (TPSA) is 148 Å². The summed E-state index contributed by atoms with van der Waals surface area (Å²) in [5.74, 6) is 0.332. The van der Waals surface area contributed by atoms with Crippen LogP contribution in [0.3, 0.4) is 0 Å². The van der Waals surface area contributed by atoms with E-state index < -0.39 is 32.5 Å². The van der Waals surface area contributed by atoms with E-state index in [1.54, 1.807) is 66.7 Å². The van der Waals surface area contributed by atoms with Gasteiger partial charge < -0.3 is 13.9 Å². The first-order valence-corrected chi connectivity index (χ1v) is 19.6. The first kappa shape index (κ1) is 39.5. The number of carbonyl (C=O) groups is 1. The number of hydrogen-bond donors (Lipinski definition) is 1. The number of rotatable bonds is 16. The molecular weight excluding hydrogens is 763 g/mol. The molecule has 5 rings (SSSR count). The third-order valence-corrected chi connectivity index (χ3v) is 12.1. The van der Waals surface area contributed by atoms with Crippen LogP contribution in [0.15, 0.2) is 122 Å². The lowest BCUT2D eigenvalue weighted by Crippen LogP contribution is -2.39. The van der Waals surface area contributed by atoms with Crippen LogP contribution in [0.4, 0.5) is 0 Å². The lowest BCUT2D eigenvalue weighted by Gasteiger charge is -2.22. The molecule has 0 saturated carbocycles. The number of ether oxygens (including phenoxy) is 2. The summed E-state index contributed by atoms with van der Waals surface area (Å²) in [4.78, 5) is 13.1. The van der Waals surface area contributed by atoms with Crippen LogP contribution in [0.5, 0.6) is 11.5 Å². The van der Waals surface area contributed by atoms with E-state index >= 15 is 0 Å². The molecule has 1 heterocycles. The van der Waals surface area contributed by atoms with Crippen molar-refractivity contribution in [2.24, 2.45) is 5.10 Å². The Morgan fingerprint density at radius 1 is 0.774 bits per heavy atom. The SMILES string of the molecule is COc1ccc(S(=O)(=O)N(CC(=O)N/N=C\c2ccc(CN(Cc3ccc(Cl)cc3Cl)S(=O)(=O)c3ccc(C)cc3)o2)Cc2ccccc2)cc1OC. The van der Waals surface area contributed by atoms with Gasteiger partial charge in [0, 0.05) is 29.2 Å². The van der Waals surface area contributed by atoms with Crippen molar-refractivity contribution < 1.29 is 35.5 Å². The van der Waals surface area contributed by atoms with Crippen LogP contribution in [0.2, 0.25) is 10.0 Å². The summed E-state index contributed by atoms with van der Waals surface area (Å²) in [6, 6.07) is 27.4. The molecule has 53 heavy (non-hydrogen) atoms. The summed E-state index contributed by atoms with van der Waals surface area (Å²) in [5.41, 5.74) is 4.45. The molecule has 5 aromatic rings. The predicted octanol–water partition coefficient (Wildman–Crippen LogP) is 6.64. The first-order valence-electron chi connectivity index (χ1n) is 16.0. The Morgan fingerprint density at radius 2 is 1.45 bits per heavy atom. The van der Waals surface area contributed by atoms with E-state index in [0.29, 0.717) is 26.9 Å². The number of amides is 1. The molecule has 12 nitrogen and oxygen atoms in total. The predicted molar refractivity (Wildman–Crippen MR) is 202 cm³/mol. The molecule has 0 aliphatic rings. The molecule has 1 N–H and O–H groups in total. The van der Waals surface area contributed by atoms with E-state index in [2.05, 4.69) is 10.5 Å². The lowest BCUT2D eigenvalue weighted by atomic mass is 10.2. The molecule has 0 radical (unpaired) electrons. The number of carbonyl (C=O) groups excluding carboxylic acids is 1. The Kier molecular flexibility index (Phi) is 13.0. The number of aryl methyl sites for hydroxylation is 1. The summed E-state index contributed by atoms with van der Waals surface area (Å²) in [6.07, 6.45) is 1.22. The van der Waals surface area contributed by atoms with Gasteiger partial charge in [-0.1, -0.05) is 77.3 Å². The van der Waals surface area contributed by atoms with Crippen molar-refractivity contribution in [1.29, 1.82) is 0 Å². The number of methoxy groups -OCH3 is 2. The highest BCUT2D eigenvalue weighted by molar-refractivity contribution is 7.89. The Balaban J connectivity index is 1.31. The van der Waals surface area contributed by atoms with Gasteiger partial charge in [-0.15, -0.1) is 0 Å². The van der Waals surface area contributed by atoms with E-state index in [1.807, 2.05) is 6.92 Å². The molecule has 16 heteroatoms. The average molecular weight is 800 g/mol. The van der Waals surface area contributed by atoms with Gasteiger partial charge in [0.2, 0.25) is 20.0 Å². The zero-order chi connectivity index (χ0) is 38.2. The summed E-state index contributed by atoms with van der Waals surface area (Å²) in [7, 11) is -5.38. The van der Waals surface area contributed by atoms with Gasteiger partial charge in [0.25, 0.3) is 5.91 Å². The second-order valence-electron chi connectivity index (χ2n) is 11.7. The normalized spacial score (nSPS) is 12.1. The maximum absolute atomic E-state index is 13.8. The van der Waals surface area contributed by atoms with Crippen LogP contribution in [0.25, 0.3) is 0 Å². The van der Waals surface area contributed by atoms with Crippen LogP contribution in [0, 0.1) is 6.92 Å². The van der Waals surface area contributed by atoms with E-state index in [1.165, 1.54) is 61.1 Å². The maximum Gasteiger partial charge on any atom is 0.255 e. The lowest BCUT2D eigenvalue weighted by molar-refractivity contribution is -0.121. The second-order valence-corrected chi connectivity index (χ2v) is 16.4. The molecule has 0 aliphatic carbocycles. The number of sulfonamides is 2. The fourth-order valence-electron chi connectivity index (χ4n) is 5.15. The Morgan fingerprint density at radius 3 is 2.13 bits per heavy atom. The summed E-state index contributed by atoms with van der Waals surface area (Å²) in [6.45, 7) is 0.972. The van der Waals surface area contributed by atoms with E-state index in [4.69, 9.17) is 37.1 Å². The number of nitrogens with zero attached hydrogens (tertiary/aromatic N) is 3. The number of hydrogen-bond acceptors (Lipinski definition) is 9. The zero-order valence-electron chi connectivity index (χ0n) is 28.9. The molecular formula is C37H36Cl2N4O8S2. The quantitative estimate of drug-likeness (QED) is 0.0863. The third-order valence-electron chi connectivity index (χ3n) is 7.93. The largest absolute Gasteiger partial charge is 0.493 e. The monoisotopic (exact) mass is 798 g/mol. The summed E-state index contributed by atoms with van der Waals surface area (Å²) >= 11 is 12.5. The van der Waals surface area contributed by atoms with Crippen LogP contribution >= 0.6 is 23.2 Å². The molecule has 0 bridgehead atoms. The van der Waals surface area contributed by atoms with Crippen molar-refractivity contribution >= 4 is 55.4 Å². The van der Waals surface area contributed by atoms with E-state index in [-0.39, 0.29) is 46.7 Å². The summed E-state index contributed by atoms with van der Waals surface area (Å²) in [5, 5.41) is 4.68. The standard InChI is InChI=1S/C37H36Cl2N4O8S2/c1-26-9-15-32(16-10-26)52(45,46)43(23-28-11-12-29(38)19-34(28)39)24-31-14-13-30(51-31)21-40-41-37(44)25-42(22-27-7-5-4-6-8-27)53(47,48)33-17-18-35(49-2)36(20-33)50-3/h4-21H,22-25H2,1-3H3,(H,41,44)/b40-21-. The minimum absolute atomic E-state index is 0.0713. The highest BCUT2D eigenvalue weighted by Crippen LogP contribution is 2.31. The Labute approximate surface area is 318 Å². The van der Waals surface area contributed by atoms with Crippen LogP contribution in [-0.4, -0.2) is 58.3 Å². The smallest absolute Gasteiger partial charge is 0.255 e. The number of benzene rings is 4. The minimum Gasteiger partial charge on any atom is -0.493 e. The van der Waals surface area contributed by atoms with Gasteiger partial charge >= 0.3 is 0 Å². The van der Waals surface area contributed by atoms with Crippen molar-refractivity contribution in [1.82, 2.24) is 14.0 Å². The third kappa shape index (κ3) is 10.0. The van der Waals surface area contributed by atoms with Crippen molar-refractivity contribution in [2.45, 2.75) is 36.3 Å². The Bertz CT molecular complexity index is 2300. The van der Waals surface area contributed by atoms with Gasteiger partial charge in [0.15, 0.2) is 11.5 Å². The second kappa shape index (κ2) is 17.4.